The molecule has 116 valence electrons. The molecule has 0 radical (unpaired) electrons. The van der Waals surface area contributed by atoms with Crippen molar-refractivity contribution in [2.24, 2.45) is 5.92 Å². The van der Waals surface area contributed by atoms with E-state index in [4.69, 9.17) is 4.74 Å². The topological polar surface area (TPSA) is 71.5 Å². The Morgan fingerprint density at radius 2 is 2.38 bits per heavy atom. The summed E-state index contributed by atoms with van der Waals surface area (Å²) in [5.74, 6) is 0.309. The number of hydrogen-bond acceptors (Lipinski definition) is 5. The van der Waals surface area contributed by atoms with Gasteiger partial charge in [0.25, 0.3) is 0 Å². The van der Waals surface area contributed by atoms with E-state index >= 15 is 0 Å². The highest BCUT2D eigenvalue weighted by Crippen LogP contribution is 2.27. The van der Waals surface area contributed by atoms with Gasteiger partial charge in [-0.15, -0.1) is 0 Å². The number of nitrogens with one attached hydrogen (secondary N) is 1. The number of pyridine rings is 1. The highest BCUT2D eigenvalue weighted by molar-refractivity contribution is 7.89. The molecule has 3 heterocycles. The molecule has 2 atom stereocenters. The summed E-state index contributed by atoms with van der Waals surface area (Å²) in [5.41, 5.74) is 0.941. The van der Waals surface area contributed by atoms with E-state index in [1.165, 1.54) is 0 Å². The van der Waals surface area contributed by atoms with Gasteiger partial charge in [-0.05, 0) is 24.0 Å². The van der Waals surface area contributed by atoms with E-state index in [1.54, 1.807) is 16.7 Å². The van der Waals surface area contributed by atoms with Crippen molar-refractivity contribution < 1.29 is 13.2 Å². The molecule has 0 aliphatic carbocycles. The summed E-state index contributed by atoms with van der Waals surface area (Å²) in [6.45, 7) is 3.06. The van der Waals surface area contributed by atoms with E-state index in [0.717, 1.165) is 12.0 Å². The van der Waals surface area contributed by atoms with Crippen molar-refractivity contribution in [2.45, 2.75) is 12.5 Å². The number of hydrogen-bond donors (Lipinski definition) is 1. The maximum Gasteiger partial charge on any atom is 0.215 e. The van der Waals surface area contributed by atoms with Crippen LogP contribution in [0.1, 0.15) is 18.0 Å². The Morgan fingerprint density at radius 1 is 1.48 bits per heavy atom. The first-order valence-electron chi connectivity index (χ1n) is 7.35. The lowest BCUT2D eigenvalue weighted by molar-refractivity contribution is 0.188. The van der Waals surface area contributed by atoms with Crippen LogP contribution in [0.5, 0.6) is 0 Å². The van der Waals surface area contributed by atoms with Gasteiger partial charge in [0.15, 0.2) is 0 Å². The van der Waals surface area contributed by atoms with Crippen molar-refractivity contribution in [2.75, 3.05) is 38.6 Å². The fraction of sp³-hybridized carbons (Fsp3) is 0.643. The van der Waals surface area contributed by atoms with Gasteiger partial charge in [-0.2, -0.15) is 4.31 Å². The van der Waals surface area contributed by atoms with Gasteiger partial charge in [0, 0.05) is 38.6 Å². The van der Waals surface area contributed by atoms with Crippen LogP contribution in [-0.2, 0) is 14.8 Å². The Balaban J connectivity index is 1.80. The van der Waals surface area contributed by atoms with E-state index in [0.29, 0.717) is 32.8 Å². The normalized spacial score (nSPS) is 27.8. The fourth-order valence-electron chi connectivity index (χ4n) is 2.98. The molecule has 2 aliphatic rings. The molecule has 0 spiro atoms. The molecule has 3 rings (SSSR count). The van der Waals surface area contributed by atoms with Crippen LogP contribution in [0.2, 0.25) is 0 Å². The van der Waals surface area contributed by atoms with E-state index < -0.39 is 10.0 Å². The summed E-state index contributed by atoms with van der Waals surface area (Å²) >= 11 is 0. The number of piperazine rings is 1. The molecule has 0 aromatic carbocycles. The van der Waals surface area contributed by atoms with Crippen LogP contribution >= 0.6 is 0 Å². The van der Waals surface area contributed by atoms with Gasteiger partial charge in [0.1, 0.15) is 0 Å². The predicted molar refractivity (Wildman–Crippen MR) is 79.3 cm³/mol. The van der Waals surface area contributed by atoms with Crippen LogP contribution in [0, 0.1) is 5.92 Å². The van der Waals surface area contributed by atoms with Gasteiger partial charge in [0.2, 0.25) is 10.0 Å². The Morgan fingerprint density at radius 3 is 3.10 bits per heavy atom. The summed E-state index contributed by atoms with van der Waals surface area (Å²) in [6, 6.07) is 3.62. The second kappa shape index (κ2) is 6.39. The third kappa shape index (κ3) is 3.42. The Bertz CT molecular complexity index is 558. The first kappa shape index (κ1) is 14.9. The standard InChI is InChI=1S/C14H21N3O3S/c18-21(19,11-12-3-7-20-10-12)17-6-5-16-9-14(17)13-2-1-4-15-8-13/h1-2,4,8,12,14,16H,3,5-7,9-11H2. The molecule has 0 bridgehead atoms. The van der Waals surface area contributed by atoms with Gasteiger partial charge in [-0.3, -0.25) is 4.98 Å². The zero-order chi connectivity index (χ0) is 14.7. The lowest BCUT2D eigenvalue weighted by atomic mass is 10.1. The molecule has 7 heteroatoms. The number of ether oxygens (including phenoxy) is 1. The largest absolute Gasteiger partial charge is 0.381 e. The minimum absolute atomic E-state index is 0.124. The Labute approximate surface area is 125 Å². The second-order valence-corrected chi connectivity index (χ2v) is 7.59. The quantitative estimate of drug-likeness (QED) is 0.871. The smallest absolute Gasteiger partial charge is 0.215 e. The van der Waals surface area contributed by atoms with Crippen LogP contribution in [0.15, 0.2) is 24.5 Å². The summed E-state index contributed by atoms with van der Waals surface area (Å²) < 4.78 is 32.4. The minimum Gasteiger partial charge on any atom is -0.381 e. The van der Waals surface area contributed by atoms with Gasteiger partial charge in [0.05, 0.1) is 18.4 Å². The van der Waals surface area contributed by atoms with E-state index in [2.05, 4.69) is 10.3 Å². The van der Waals surface area contributed by atoms with Gasteiger partial charge >= 0.3 is 0 Å². The van der Waals surface area contributed by atoms with Crippen LogP contribution < -0.4 is 5.32 Å². The van der Waals surface area contributed by atoms with Crippen molar-refractivity contribution in [1.29, 1.82) is 0 Å². The van der Waals surface area contributed by atoms with Crippen LogP contribution in [0.25, 0.3) is 0 Å². The van der Waals surface area contributed by atoms with Crippen molar-refractivity contribution in [1.82, 2.24) is 14.6 Å². The zero-order valence-electron chi connectivity index (χ0n) is 11.9. The monoisotopic (exact) mass is 311 g/mol. The summed E-state index contributed by atoms with van der Waals surface area (Å²) in [6.07, 6.45) is 4.29. The molecular formula is C14H21N3O3S. The van der Waals surface area contributed by atoms with Crippen LogP contribution in [0.3, 0.4) is 0 Å². The lowest BCUT2D eigenvalue weighted by Crippen LogP contribution is -2.49. The third-order valence-electron chi connectivity index (χ3n) is 4.09. The van der Waals surface area contributed by atoms with Crippen LogP contribution in [0.4, 0.5) is 0 Å². The summed E-state index contributed by atoms with van der Waals surface area (Å²) in [5, 5.41) is 3.27. The highest BCUT2D eigenvalue weighted by Gasteiger charge is 2.35. The van der Waals surface area contributed by atoms with Crippen molar-refractivity contribution in [3.05, 3.63) is 30.1 Å². The molecule has 0 amide bonds. The third-order valence-corrected chi connectivity index (χ3v) is 6.14. The lowest BCUT2D eigenvalue weighted by Gasteiger charge is -2.35. The fourth-order valence-corrected chi connectivity index (χ4v) is 4.99. The molecule has 2 unspecified atom stereocenters. The number of sulfonamides is 1. The molecule has 1 aromatic heterocycles. The van der Waals surface area contributed by atoms with E-state index in [9.17, 15) is 8.42 Å². The average Bonchev–Trinajstić information content (AvgIpc) is 3.00. The Hall–Kier alpha value is -1.02. The molecular weight excluding hydrogens is 290 g/mol. The molecule has 2 aliphatic heterocycles. The number of nitrogens with zero attached hydrogens (tertiary/aromatic N) is 2. The molecule has 0 saturated carbocycles. The zero-order valence-corrected chi connectivity index (χ0v) is 12.8. The molecule has 21 heavy (non-hydrogen) atoms. The Kier molecular flexibility index (Phi) is 4.54. The van der Waals surface area contributed by atoms with Crippen molar-refractivity contribution in [3.63, 3.8) is 0 Å². The maximum atomic E-state index is 12.7. The molecule has 2 fully saturated rings. The molecule has 2 saturated heterocycles. The van der Waals surface area contributed by atoms with E-state index in [1.807, 2.05) is 12.1 Å². The maximum absolute atomic E-state index is 12.7. The first-order chi connectivity index (χ1) is 10.2. The number of rotatable bonds is 4. The summed E-state index contributed by atoms with van der Waals surface area (Å²) in [7, 11) is -3.28. The predicted octanol–water partition coefficient (Wildman–Crippen LogP) is 0.394. The molecule has 6 nitrogen and oxygen atoms in total. The second-order valence-electron chi connectivity index (χ2n) is 5.63. The summed E-state index contributed by atoms with van der Waals surface area (Å²) in [4.78, 5) is 4.11. The van der Waals surface area contributed by atoms with Gasteiger partial charge in [-0.25, -0.2) is 8.42 Å². The van der Waals surface area contributed by atoms with E-state index in [-0.39, 0.29) is 17.7 Å². The van der Waals surface area contributed by atoms with Gasteiger partial charge in [-0.1, -0.05) is 6.07 Å². The first-order valence-corrected chi connectivity index (χ1v) is 8.95. The van der Waals surface area contributed by atoms with Crippen molar-refractivity contribution in [3.8, 4) is 0 Å². The van der Waals surface area contributed by atoms with Crippen molar-refractivity contribution >= 4 is 10.0 Å². The van der Waals surface area contributed by atoms with Gasteiger partial charge < -0.3 is 10.1 Å². The van der Waals surface area contributed by atoms with Crippen LogP contribution in [-0.4, -0.2) is 56.3 Å². The molecule has 1 aromatic rings. The average molecular weight is 311 g/mol. The highest BCUT2D eigenvalue weighted by atomic mass is 32.2. The molecule has 1 N–H and O–H groups in total. The minimum atomic E-state index is -3.28. The number of aromatic nitrogens is 1. The SMILES string of the molecule is O=S(=O)(CC1CCOC1)N1CCNCC1c1cccnc1.